The summed E-state index contributed by atoms with van der Waals surface area (Å²) in [6.07, 6.45) is 0.759. The minimum absolute atomic E-state index is 0.113. The molecule has 2 heterocycles. The molecule has 0 unspecified atom stereocenters. The van der Waals surface area contributed by atoms with Gasteiger partial charge in [0.15, 0.2) is 0 Å². The Labute approximate surface area is 157 Å². The van der Waals surface area contributed by atoms with E-state index in [2.05, 4.69) is 10.3 Å². The van der Waals surface area contributed by atoms with E-state index in [0.717, 1.165) is 29.2 Å². The summed E-state index contributed by atoms with van der Waals surface area (Å²) in [4.78, 5) is 63.7. The number of benzene rings is 1. The maximum absolute atomic E-state index is 12.1. The van der Waals surface area contributed by atoms with E-state index in [0.29, 0.717) is 18.8 Å². The molecule has 0 saturated carbocycles. The number of amides is 1. The van der Waals surface area contributed by atoms with Gasteiger partial charge in [-0.1, -0.05) is 18.2 Å². The molecule has 3 aromatic rings. The van der Waals surface area contributed by atoms with Crippen molar-refractivity contribution >= 4 is 11.6 Å². The fourth-order valence-corrected chi connectivity index (χ4v) is 3.33. The average molecular weight is 380 g/mol. The van der Waals surface area contributed by atoms with Gasteiger partial charge in [-0.3, -0.25) is 24.2 Å². The number of hydrogen-bond acceptors (Lipinski definition) is 6. The van der Waals surface area contributed by atoms with Crippen molar-refractivity contribution in [3.05, 3.63) is 94.0 Å². The van der Waals surface area contributed by atoms with Crippen LogP contribution in [0.2, 0.25) is 0 Å². The fraction of sp³-hybridized carbons (Fsp3) is 0.211. The SMILES string of the molecule is O=C(NCc1ccc2c(c1)CN(c1cc(=O)c1=O)CC2)c1cc(=O)[nH]c(=O)[nH]1. The van der Waals surface area contributed by atoms with Gasteiger partial charge in [0.2, 0.25) is 10.9 Å². The number of carbonyl (C=O) groups excluding carboxylic acids is 1. The molecule has 1 aliphatic heterocycles. The minimum Gasteiger partial charge on any atom is -0.363 e. The van der Waals surface area contributed by atoms with Gasteiger partial charge in [0.05, 0.1) is 5.69 Å². The Balaban J connectivity index is 1.47. The van der Waals surface area contributed by atoms with Crippen molar-refractivity contribution in [1.29, 1.82) is 0 Å². The molecule has 1 aliphatic rings. The molecule has 28 heavy (non-hydrogen) atoms. The first-order chi connectivity index (χ1) is 13.4. The second-order valence-corrected chi connectivity index (χ2v) is 6.68. The molecule has 9 heteroatoms. The molecule has 9 nitrogen and oxygen atoms in total. The van der Waals surface area contributed by atoms with E-state index in [4.69, 9.17) is 0 Å². The molecule has 142 valence electrons. The highest BCUT2D eigenvalue weighted by molar-refractivity contribution is 5.91. The number of nitrogens with zero attached hydrogens (tertiary/aromatic N) is 1. The van der Waals surface area contributed by atoms with Crippen LogP contribution in [0.25, 0.3) is 0 Å². The monoisotopic (exact) mass is 380 g/mol. The molecule has 0 aliphatic carbocycles. The summed E-state index contributed by atoms with van der Waals surface area (Å²) in [5.74, 6) is -0.564. The van der Waals surface area contributed by atoms with Crippen molar-refractivity contribution < 1.29 is 4.79 Å². The number of H-pyrrole nitrogens is 2. The Morgan fingerprint density at radius 1 is 1.04 bits per heavy atom. The summed E-state index contributed by atoms with van der Waals surface area (Å²) in [6, 6.07) is 8.19. The smallest absolute Gasteiger partial charge is 0.326 e. The number of aromatic nitrogens is 2. The van der Waals surface area contributed by atoms with Gasteiger partial charge < -0.3 is 15.2 Å². The number of nitrogens with one attached hydrogen (secondary N) is 3. The molecule has 0 radical (unpaired) electrons. The van der Waals surface area contributed by atoms with Gasteiger partial charge in [-0.15, -0.1) is 0 Å². The van der Waals surface area contributed by atoms with E-state index in [-0.39, 0.29) is 12.2 Å². The lowest BCUT2D eigenvalue weighted by molar-refractivity contribution is 0.0945. The molecular formula is C19H16N4O5. The van der Waals surface area contributed by atoms with Crippen molar-refractivity contribution in [2.45, 2.75) is 19.5 Å². The number of hydrogen-bond donors (Lipinski definition) is 3. The van der Waals surface area contributed by atoms with Crippen LogP contribution < -0.4 is 32.3 Å². The summed E-state index contributed by atoms with van der Waals surface area (Å²) in [5.41, 5.74) is 1.05. The van der Waals surface area contributed by atoms with Gasteiger partial charge in [-0.2, -0.15) is 0 Å². The predicted octanol–water partition coefficient (Wildman–Crippen LogP) is -0.848. The summed E-state index contributed by atoms with van der Waals surface area (Å²) >= 11 is 0. The van der Waals surface area contributed by atoms with Crippen molar-refractivity contribution in [3.63, 3.8) is 0 Å². The zero-order valence-corrected chi connectivity index (χ0v) is 14.7. The van der Waals surface area contributed by atoms with Crippen LogP contribution in [0.3, 0.4) is 0 Å². The van der Waals surface area contributed by atoms with Crippen molar-refractivity contribution in [3.8, 4) is 0 Å². The van der Waals surface area contributed by atoms with E-state index < -0.39 is 28.0 Å². The fourth-order valence-electron chi connectivity index (χ4n) is 3.33. The molecule has 0 bridgehead atoms. The highest BCUT2D eigenvalue weighted by Crippen LogP contribution is 2.23. The van der Waals surface area contributed by atoms with E-state index in [1.165, 1.54) is 6.07 Å². The molecule has 0 spiro atoms. The first-order valence-corrected chi connectivity index (χ1v) is 8.68. The Hall–Kier alpha value is -3.75. The van der Waals surface area contributed by atoms with Gasteiger partial charge >= 0.3 is 5.69 Å². The molecule has 2 aromatic carbocycles. The van der Waals surface area contributed by atoms with Gasteiger partial charge in [0, 0.05) is 31.8 Å². The molecule has 0 fully saturated rings. The third-order valence-corrected chi connectivity index (χ3v) is 4.81. The van der Waals surface area contributed by atoms with E-state index in [9.17, 15) is 24.0 Å². The number of carbonyl (C=O) groups is 1. The highest BCUT2D eigenvalue weighted by atomic mass is 16.2. The summed E-state index contributed by atoms with van der Waals surface area (Å²) < 4.78 is 0. The second kappa shape index (κ2) is 6.76. The largest absolute Gasteiger partial charge is 0.363 e. The molecule has 0 saturated heterocycles. The molecular weight excluding hydrogens is 364 g/mol. The van der Waals surface area contributed by atoms with Crippen LogP contribution in [0.15, 0.2) is 49.5 Å². The van der Waals surface area contributed by atoms with E-state index >= 15 is 0 Å². The van der Waals surface area contributed by atoms with Crippen molar-refractivity contribution in [2.24, 2.45) is 0 Å². The van der Waals surface area contributed by atoms with Crippen LogP contribution in [0.4, 0.5) is 5.69 Å². The van der Waals surface area contributed by atoms with Crippen LogP contribution in [0.1, 0.15) is 27.2 Å². The Bertz CT molecular complexity index is 1230. The summed E-state index contributed by atoms with van der Waals surface area (Å²) in [6.45, 7) is 1.40. The van der Waals surface area contributed by atoms with Gasteiger partial charge in [-0.05, 0) is 23.1 Å². The lowest BCUT2D eigenvalue weighted by Gasteiger charge is -2.31. The Kier molecular flexibility index (Phi) is 4.26. The first-order valence-electron chi connectivity index (χ1n) is 8.68. The van der Waals surface area contributed by atoms with Crippen LogP contribution >= 0.6 is 0 Å². The normalized spacial score (nSPS) is 13.4. The molecule has 3 N–H and O–H groups in total. The highest BCUT2D eigenvalue weighted by Gasteiger charge is 2.22. The zero-order chi connectivity index (χ0) is 19.8. The number of aromatic amines is 2. The Morgan fingerprint density at radius 2 is 1.86 bits per heavy atom. The number of rotatable bonds is 4. The second-order valence-electron chi connectivity index (χ2n) is 6.68. The standard InChI is InChI=1S/C19H16N4O5/c24-15-7-14(17(15)26)23-4-3-11-2-1-10(5-12(11)9-23)8-20-18(27)13-6-16(25)22-19(28)21-13/h1-2,5-7H,3-4,8-9H2,(H,20,27)(H2,21,22,25,28). The topological polar surface area (TPSA) is 132 Å². The summed E-state index contributed by atoms with van der Waals surface area (Å²) in [5, 5.41) is 2.66. The molecule has 1 amide bonds. The van der Waals surface area contributed by atoms with Crippen LogP contribution in [0, 0.1) is 0 Å². The predicted molar refractivity (Wildman–Crippen MR) is 101 cm³/mol. The van der Waals surface area contributed by atoms with Crippen LogP contribution in [0.5, 0.6) is 0 Å². The van der Waals surface area contributed by atoms with E-state index in [1.807, 2.05) is 28.1 Å². The lowest BCUT2D eigenvalue weighted by atomic mass is 9.96. The number of anilines is 1. The quantitative estimate of drug-likeness (QED) is 0.505. The maximum Gasteiger partial charge on any atom is 0.326 e. The zero-order valence-electron chi connectivity index (χ0n) is 14.7. The molecule has 0 atom stereocenters. The third-order valence-electron chi connectivity index (χ3n) is 4.81. The molecule has 1 aromatic heterocycles. The third kappa shape index (κ3) is 3.29. The minimum atomic E-state index is -0.746. The van der Waals surface area contributed by atoms with Crippen LogP contribution in [-0.4, -0.2) is 22.4 Å². The molecule has 4 rings (SSSR count). The van der Waals surface area contributed by atoms with Gasteiger partial charge in [-0.25, -0.2) is 4.79 Å². The average Bonchev–Trinajstić information content (AvgIpc) is 2.68. The summed E-state index contributed by atoms with van der Waals surface area (Å²) in [7, 11) is 0. The number of fused-ring (bicyclic) bond motifs is 1. The van der Waals surface area contributed by atoms with E-state index in [1.54, 1.807) is 0 Å². The maximum atomic E-state index is 12.1. The van der Waals surface area contributed by atoms with Crippen molar-refractivity contribution in [1.82, 2.24) is 15.3 Å². The first kappa shape index (κ1) is 17.7. The van der Waals surface area contributed by atoms with Gasteiger partial charge in [0.1, 0.15) is 5.69 Å². The van der Waals surface area contributed by atoms with Crippen LogP contribution in [-0.2, 0) is 19.5 Å². The van der Waals surface area contributed by atoms with Crippen molar-refractivity contribution in [2.75, 3.05) is 11.4 Å². The van der Waals surface area contributed by atoms with Gasteiger partial charge in [0.25, 0.3) is 11.5 Å². The lowest BCUT2D eigenvalue weighted by Crippen LogP contribution is -2.41. The Morgan fingerprint density at radius 3 is 2.57 bits per heavy atom.